The van der Waals surface area contributed by atoms with Gasteiger partial charge in [-0.25, -0.2) is 9.97 Å². The lowest BCUT2D eigenvalue weighted by Gasteiger charge is -2.17. The average Bonchev–Trinajstić information content (AvgIpc) is 3.08. The molecule has 0 saturated heterocycles. The Morgan fingerprint density at radius 2 is 1.95 bits per heavy atom. The molecule has 0 amide bonds. The van der Waals surface area contributed by atoms with Gasteiger partial charge in [0.1, 0.15) is 12.1 Å². The van der Waals surface area contributed by atoms with Crippen molar-refractivity contribution in [3.63, 3.8) is 0 Å². The lowest BCUT2D eigenvalue weighted by atomic mass is 9.99. The predicted octanol–water partition coefficient (Wildman–Crippen LogP) is 3.22. The Morgan fingerprint density at radius 3 is 2.77 bits per heavy atom. The predicted molar refractivity (Wildman–Crippen MR) is 83.9 cm³/mol. The molecule has 1 aromatic heterocycles. The molecule has 4 heteroatoms. The molecule has 4 nitrogen and oxygen atoms in total. The van der Waals surface area contributed by atoms with Crippen molar-refractivity contribution in [3.8, 4) is 16.9 Å². The van der Waals surface area contributed by atoms with Gasteiger partial charge >= 0.3 is 0 Å². The van der Waals surface area contributed by atoms with Crippen LogP contribution in [0.25, 0.3) is 11.1 Å². The third-order valence-electron chi connectivity index (χ3n) is 4.88. The van der Waals surface area contributed by atoms with Gasteiger partial charge in [-0.15, -0.1) is 0 Å². The normalized spacial score (nSPS) is 27.6. The van der Waals surface area contributed by atoms with Crippen LogP contribution in [0.4, 0.5) is 0 Å². The van der Waals surface area contributed by atoms with Gasteiger partial charge in [-0.2, -0.15) is 0 Å². The first-order chi connectivity index (χ1) is 10.9. The van der Waals surface area contributed by atoms with Crippen molar-refractivity contribution in [1.82, 2.24) is 9.97 Å². The Kier molecular flexibility index (Phi) is 2.47. The summed E-state index contributed by atoms with van der Waals surface area (Å²) in [6.45, 7) is 0.809. The summed E-state index contributed by atoms with van der Waals surface area (Å²) in [7, 11) is 0. The monoisotopic (exact) mass is 289 g/mol. The first-order valence-corrected chi connectivity index (χ1v) is 7.66. The van der Waals surface area contributed by atoms with E-state index in [0.717, 1.165) is 29.9 Å². The molecule has 3 atom stereocenters. The van der Waals surface area contributed by atoms with E-state index in [9.17, 15) is 0 Å². The molecule has 1 fully saturated rings. The van der Waals surface area contributed by atoms with Gasteiger partial charge in [-0.05, 0) is 23.3 Å². The zero-order valence-electron chi connectivity index (χ0n) is 12.0. The largest absolute Gasteiger partial charge is 0.493 e. The van der Waals surface area contributed by atoms with Gasteiger partial charge in [0.05, 0.1) is 6.61 Å². The van der Waals surface area contributed by atoms with E-state index in [1.807, 2.05) is 18.6 Å². The molecule has 3 aliphatic rings. The number of nitrogens with zero attached hydrogens (tertiary/aromatic N) is 3. The summed E-state index contributed by atoms with van der Waals surface area (Å²) < 4.78 is 5.95. The Hall–Kier alpha value is -2.49. The molecule has 2 aliphatic heterocycles. The number of aromatic nitrogens is 2. The van der Waals surface area contributed by atoms with Gasteiger partial charge in [0.25, 0.3) is 0 Å². The molecule has 22 heavy (non-hydrogen) atoms. The van der Waals surface area contributed by atoms with Crippen molar-refractivity contribution in [2.45, 2.75) is 12.3 Å². The van der Waals surface area contributed by atoms with Crippen molar-refractivity contribution in [2.24, 2.45) is 16.8 Å². The lowest BCUT2D eigenvalue weighted by molar-refractivity contribution is 0.276. The second-order valence-electron chi connectivity index (χ2n) is 6.08. The summed E-state index contributed by atoms with van der Waals surface area (Å²) in [5, 5.41) is 0. The van der Waals surface area contributed by atoms with Crippen molar-refractivity contribution in [2.75, 3.05) is 6.61 Å². The summed E-state index contributed by atoms with van der Waals surface area (Å²) in [5.74, 6) is 2.68. The van der Waals surface area contributed by atoms with Gasteiger partial charge < -0.3 is 4.74 Å². The number of aliphatic imine (C=N–C) groups is 1. The molecule has 1 aromatic carbocycles. The van der Waals surface area contributed by atoms with E-state index in [-0.39, 0.29) is 0 Å². The van der Waals surface area contributed by atoms with Gasteiger partial charge in [0.2, 0.25) is 0 Å². The van der Waals surface area contributed by atoms with Crippen LogP contribution in [0.1, 0.15) is 17.9 Å². The standard InChI is InChI=1S/C18H15N3O/c1-2-15(21-5-1)18-14-9-22-16-4-3-11(6-13(16)17(14)18)12-7-19-10-20-8-12/h2-8,10,14,17-18H,1,9H2/t14-,17+,18-/m0/s1. The molecule has 0 unspecified atom stereocenters. The van der Waals surface area contributed by atoms with Crippen LogP contribution < -0.4 is 4.74 Å². The van der Waals surface area contributed by atoms with E-state index < -0.39 is 0 Å². The van der Waals surface area contributed by atoms with Crippen molar-refractivity contribution in [3.05, 3.63) is 54.3 Å². The minimum absolute atomic E-state index is 0.530. The summed E-state index contributed by atoms with van der Waals surface area (Å²) >= 11 is 0. The zero-order chi connectivity index (χ0) is 14.5. The highest BCUT2D eigenvalue weighted by Crippen LogP contribution is 2.62. The maximum absolute atomic E-state index is 5.95. The summed E-state index contributed by atoms with van der Waals surface area (Å²) in [6.07, 6.45) is 10.5. The smallest absolute Gasteiger partial charge is 0.122 e. The molecule has 0 bridgehead atoms. The Morgan fingerprint density at radius 1 is 1.05 bits per heavy atom. The minimum Gasteiger partial charge on any atom is -0.493 e. The first-order valence-electron chi connectivity index (χ1n) is 7.66. The number of hydrogen-bond acceptors (Lipinski definition) is 4. The number of fused-ring (bicyclic) bond motifs is 3. The molecule has 108 valence electrons. The third-order valence-corrected chi connectivity index (χ3v) is 4.88. The van der Waals surface area contributed by atoms with E-state index in [1.54, 1.807) is 6.33 Å². The number of allylic oxidation sites excluding steroid dienone is 2. The van der Waals surface area contributed by atoms with E-state index in [1.165, 1.54) is 11.3 Å². The fourth-order valence-electron chi connectivity index (χ4n) is 3.77. The molecule has 2 aromatic rings. The number of rotatable bonds is 2. The third kappa shape index (κ3) is 1.73. The molecule has 0 spiro atoms. The zero-order valence-corrected chi connectivity index (χ0v) is 12.0. The molecule has 0 N–H and O–H groups in total. The van der Waals surface area contributed by atoms with Crippen LogP contribution in [0.15, 0.2) is 53.7 Å². The fourth-order valence-corrected chi connectivity index (χ4v) is 3.77. The SMILES string of the molecule is C1=NC([C@@H]2[C@H]3COc4ccc(-c5cncnc5)cc4[C@H]32)=CC1. The summed E-state index contributed by atoms with van der Waals surface area (Å²) in [6, 6.07) is 6.40. The average molecular weight is 289 g/mol. The van der Waals surface area contributed by atoms with Crippen LogP contribution in [-0.2, 0) is 0 Å². The molecular formula is C18H15N3O. The van der Waals surface area contributed by atoms with Gasteiger partial charge in [-0.3, -0.25) is 4.99 Å². The fraction of sp³-hybridized carbons (Fsp3) is 0.278. The van der Waals surface area contributed by atoms with E-state index in [0.29, 0.717) is 17.8 Å². The molecule has 1 aliphatic carbocycles. The highest BCUT2D eigenvalue weighted by atomic mass is 16.5. The molecule has 5 rings (SSSR count). The number of benzene rings is 1. The summed E-state index contributed by atoms with van der Waals surface area (Å²) in [4.78, 5) is 12.8. The number of ether oxygens (including phenoxy) is 1. The number of hydrogen-bond donors (Lipinski definition) is 0. The topological polar surface area (TPSA) is 47.4 Å². The highest BCUT2D eigenvalue weighted by Gasteiger charge is 2.56. The molecule has 0 radical (unpaired) electrons. The van der Waals surface area contributed by atoms with Crippen LogP contribution in [0.2, 0.25) is 0 Å². The van der Waals surface area contributed by atoms with Crippen molar-refractivity contribution >= 4 is 6.21 Å². The van der Waals surface area contributed by atoms with Gasteiger partial charge in [0.15, 0.2) is 0 Å². The molecule has 1 saturated carbocycles. The summed E-state index contributed by atoms with van der Waals surface area (Å²) in [5.41, 5.74) is 4.76. The van der Waals surface area contributed by atoms with Crippen LogP contribution in [0, 0.1) is 11.8 Å². The van der Waals surface area contributed by atoms with Crippen LogP contribution in [-0.4, -0.2) is 22.8 Å². The van der Waals surface area contributed by atoms with Crippen molar-refractivity contribution in [1.29, 1.82) is 0 Å². The van der Waals surface area contributed by atoms with Crippen LogP contribution in [0.5, 0.6) is 5.75 Å². The van der Waals surface area contributed by atoms with Crippen LogP contribution in [0.3, 0.4) is 0 Å². The van der Waals surface area contributed by atoms with E-state index >= 15 is 0 Å². The van der Waals surface area contributed by atoms with Gasteiger partial charge in [0, 0.05) is 54.0 Å². The van der Waals surface area contributed by atoms with Crippen LogP contribution >= 0.6 is 0 Å². The molecular weight excluding hydrogens is 274 g/mol. The Balaban J connectivity index is 1.54. The Labute approximate surface area is 128 Å². The maximum atomic E-state index is 5.95. The van der Waals surface area contributed by atoms with Crippen molar-refractivity contribution < 1.29 is 4.74 Å². The maximum Gasteiger partial charge on any atom is 0.122 e. The molecule has 3 heterocycles. The lowest BCUT2D eigenvalue weighted by Crippen LogP contribution is -2.08. The minimum atomic E-state index is 0.530. The highest BCUT2D eigenvalue weighted by molar-refractivity contribution is 5.68. The van der Waals surface area contributed by atoms with Gasteiger partial charge in [-0.1, -0.05) is 12.1 Å². The second kappa shape index (κ2) is 4.50. The second-order valence-corrected chi connectivity index (χ2v) is 6.08. The Bertz CT molecular complexity index is 797. The quantitative estimate of drug-likeness (QED) is 0.852. The first kappa shape index (κ1) is 12.1. The van der Waals surface area contributed by atoms with E-state index in [2.05, 4.69) is 39.2 Å². The van der Waals surface area contributed by atoms with E-state index in [4.69, 9.17) is 4.74 Å².